The maximum atomic E-state index is 12.7. The predicted molar refractivity (Wildman–Crippen MR) is 64.5 cm³/mol. The Balaban J connectivity index is 2.70. The van der Waals surface area contributed by atoms with Gasteiger partial charge in [-0.15, -0.1) is 0 Å². The van der Waals surface area contributed by atoms with Crippen LogP contribution in [0.1, 0.15) is 32.2 Å². The molecule has 0 aliphatic carbocycles. The molecule has 0 bridgehead atoms. The standard InChI is InChI=1S/C11H14F3N5/c1-10(2,3)6-4-8-16-7(11(12,13)14)5-9(17-15)19(8)18-6/h4-5,17H,15H2,1-3H3. The van der Waals surface area contributed by atoms with E-state index in [9.17, 15) is 13.2 Å². The largest absolute Gasteiger partial charge is 0.433 e. The SMILES string of the molecule is CC(C)(C)c1cc2nc(C(F)(F)F)cc(NN)n2n1. The van der Waals surface area contributed by atoms with E-state index in [-0.39, 0.29) is 16.9 Å². The van der Waals surface area contributed by atoms with Gasteiger partial charge >= 0.3 is 6.18 Å². The van der Waals surface area contributed by atoms with Crippen molar-refractivity contribution in [1.82, 2.24) is 14.6 Å². The summed E-state index contributed by atoms with van der Waals surface area (Å²) in [7, 11) is 0. The molecule has 2 rings (SSSR count). The number of nitrogens with zero attached hydrogens (tertiary/aromatic N) is 3. The molecule has 0 aliphatic rings. The molecule has 2 aromatic heterocycles. The second-order valence-corrected chi connectivity index (χ2v) is 5.22. The summed E-state index contributed by atoms with van der Waals surface area (Å²) < 4.78 is 39.4. The zero-order valence-electron chi connectivity index (χ0n) is 10.7. The van der Waals surface area contributed by atoms with E-state index in [1.165, 1.54) is 10.6 Å². The number of nitrogens with one attached hydrogen (secondary N) is 1. The van der Waals surface area contributed by atoms with Crippen LogP contribution in [-0.4, -0.2) is 14.6 Å². The van der Waals surface area contributed by atoms with Crippen LogP contribution in [0.15, 0.2) is 12.1 Å². The molecule has 5 nitrogen and oxygen atoms in total. The van der Waals surface area contributed by atoms with Gasteiger partial charge in [0.15, 0.2) is 11.3 Å². The average Bonchev–Trinajstić information content (AvgIpc) is 2.69. The normalized spacial score (nSPS) is 13.0. The van der Waals surface area contributed by atoms with Gasteiger partial charge in [0.1, 0.15) is 5.82 Å². The summed E-state index contributed by atoms with van der Waals surface area (Å²) >= 11 is 0. The highest BCUT2D eigenvalue weighted by Gasteiger charge is 2.34. The van der Waals surface area contributed by atoms with E-state index in [2.05, 4.69) is 15.5 Å². The molecule has 0 fully saturated rings. The summed E-state index contributed by atoms with van der Waals surface area (Å²) in [5, 5.41) is 4.22. The third kappa shape index (κ3) is 2.48. The van der Waals surface area contributed by atoms with Crippen LogP contribution in [0.4, 0.5) is 19.0 Å². The van der Waals surface area contributed by atoms with E-state index in [1.54, 1.807) is 0 Å². The van der Waals surface area contributed by atoms with Crippen LogP contribution >= 0.6 is 0 Å². The maximum absolute atomic E-state index is 12.7. The maximum Gasteiger partial charge on any atom is 0.433 e. The highest BCUT2D eigenvalue weighted by Crippen LogP contribution is 2.31. The number of halogens is 3. The summed E-state index contributed by atoms with van der Waals surface area (Å²) in [6.07, 6.45) is -4.53. The molecule has 0 amide bonds. The van der Waals surface area contributed by atoms with Crippen molar-refractivity contribution in [3.8, 4) is 0 Å². The van der Waals surface area contributed by atoms with E-state index < -0.39 is 11.9 Å². The summed E-state index contributed by atoms with van der Waals surface area (Å²) in [5.41, 5.74) is 1.65. The first kappa shape index (κ1) is 13.6. The van der Waals surface area contributed by atoms with Gasteiger partial charge in [-0.05, 0) is 0 Å². The number of fused-ring (bicyclic) bond motifs is 1. The van der Waals surface area contributed by atoms with Crippen LogP contribution in [0.25, 0.3) is 5.65 Å². The first-order chi connectivity index (χ1) is 8.63. The van der Waals surface area contributed by atoms with E-state index in [4.69, 9.17) is 5.84 Å². The fourth-order valence-corrected chi connectivity index (χ4v) is 1.59. The van der Waals surface area contributed by atoms with Crippen molar-refractivity contribution in [3.63, 3.8) is 0 Å². The Morgan fingerprint density at radius 2 is 1.79 bits per heavy atom. The van der Waals surface area contributed by atoms with Gasteiger partial charge in [0.05, 0.1) is 5.69 Å². The molecule has 0 aromatic carbocycles. The fraction of sp³-hybridized carbons (Fsp3) is 0.455. The lowest BCUT2D eigenvalue weighted by Gasteiger charge is -2.13. The van der Waals surface area contributed by atoms with Crippen molar-refractivity contribution in [1.29, 1.82) is 0 Å². The van der Waals surface area contributed by atoms with Gasteiger partial charge in [0, 0.05) is 17.5 Å². The number of nitrogens with two attached hydrogens (primary N) is 1. The second kappa shape index (κ2) is 4.09. The van der Waals surface area contributed by atoms with E-state index in [1.807, 2.05) is 20.8 Å². The van der Waals surface area contributed by atoms with Gasteiger partial charge in [-0.25, -0.2) is 10.8 Å². The van der Waals surface area contributed by atoms with Crippen LogP contribution < -0.4 is 11.3 Å². The lowest BCUT2D eigenvalue weighted by atomic mass is 9.93. The lowest BCUT2D eigenvalue weighted by Crippen LogP contribution is -2.16. The third-order valence-corrected chi connectivity index (χ3v) is 2.63. The molecular weight excluding hydrogens is 259 g/mol. The molecule has 0 saturated carbocycles. The van der Waals surface area contributed by atoms with E-state index in [0.717, 1.165) is 6.07 Å². The Kier molecular flexibility index (Phi) is 2.93. The van der Waals surface area contributed by atoms with Crippen molar-refractivity contribution in [2.45, 2.75) is 32.4 Å². The average molecular weight is 273 g/mol. The zero-order valence-corrected chi connectivity index (χ0v) is 10.7. The van der Waals surface area contributed by atoms with E-state index in [0.29, 0.717) is 5.69 Å². The minimum atomic E-state index is -4.53. The minimum Gasteiger partial charge on any atom is -0.308 e. The van der Waals surface area contributed by atoms with Crippen LogP contribution in [0.3, 0.4) is 0 Å². The number of hydrazine groups is 1. The Morgan fingerprint density at radius 3 is 2.26 bits per heavy atom. The molecule has 0 unspecified atom stereocenters. The molecule has 104 valence electrons. The number of aromatic nitrogens is 3. The van der Waals surface area contributed by atoms with Crippen molar-refractivity contribution in [2.75, 3.05) is 5.43 Å². The molecule has 8 heteroatoms. The Labute approximate surface area is 107 Å². The number of hydrogen-bond donors (Lipinski definition) is 2. The van der Waals surface area contributed by atoms with Crippen LogP contribution in [-0.2, 0) is 11.6 Å². The monoisotopic (exact) mass is 273 g/mol. The highest BCUT2D eigenvalue weighted by molar-refractivity contribution is 5.51. The topological polar surface area (TPSA) is 68.2 Å². The summed E-state index contributed by atoms with van der Waals surface area (Å²) in [5.74, 6) is 5.28. The minimum absolute atomic E-state index is 0.0350. The quantitative estimate of drug-likeness (QED) is 0.618. The van der Waals surface area contributed by atoms with Crippen LogP contribution in [0.5, 0.6) is 0 Å². The molecule has 0 radical (unpaired) electrons. The summed E-state index contributed by atoms with van der Waals surface area (Å²) in [6.45, 7) is 5.74. The fourth-order valence-electron chi connectivity index (χ4n) is 1.59. The lowest BCUT2D eigenvalue weighted by molar-refractivity contribution is -0.141. The smallest absolute Gasteiger partial charge is 0.308 e. The van der Waals surface area contributed by atoms with Crippen LogP contribution in [0.2, 0.25) is 0 Å². The number of nitrogen functional groups attached to an aromatic ring is 1. The Morgan fingerprint density at radius 1 is 1.16 bits per heavy atom. The van der Waals surface area contributed by atoms with Gasteiger partial charge in [-0.1, -0.05) is 20.8 Å². The number of anilines is 1. The molecule has 0 spiro atoms. The second-order valence-electron chi connectivity index (χ2n) is 5.22. The van der Waals surface area contributed by atoms with Gasteiger partial charge < -0.3 is 5.43 Å². The first-order valence-electron chi connectivity index (χ1n) is 5.58. The summed E-state index contributed by atoms with van der Waals surface area (Å²) in [4.78, 5) is 3.57. The molecule has 0 atom stereocenters. The molecule has 19 heavy (non-hydrogen) atoms. The van der Waals surface area contributed by atoms with Gasteiger partial charge in [0.25, 0.3) is 0 Å². The van der Waals surface area contributed by atoms with Crippen molar-refractivity contribution < 1.29 is 13.2 Å². The van der Waals surface area contributed by atoms with E-state index >= 15 is 0 Å². The molecular formula is C11H14F3N5. The molecule has 2 heterocycles. The molecule has 0 saturated heterocycles. The Bertz CT molecular complexity index is 609. The molecule has 2 aromatic rings. The van der Waals surface area contributed by atoms with Crippen molar-refractivity contribution in [3.05, 3.63) is 23.5 Å². The highest BCUT2D eigenvalue weighted by atomic mass is 19.4. The summed E-state index contributed by atoms with van der Waals surface area (Å²) in [6, 6.07) is 2.35. The van der Waals surface area contributed by atoms with Crippen LogP contribution in [0, 0.1) is 0 Å². The zero-order chi connectivity index (χ0) is 14.4. The van der Waals surface area contributed by atoms with Gasteiger partial charge in [0.2, 0.25) is 0 Å². The van der Waals surface area contributed by atoms with Gasteiger partial charge in [-0.3, -0.25) is 0 Å². The molecule has 0 aliphatic heterocycles. The number of rotatable bonds is 1. The number of alkyl halides is 3. The first-order valence-corrected chi connectivity index (χ1v) is 5.58. The predicted octanol–water partition coefficient (Wildman–Crippen LogP) is 2.33. The molecule has 3 N–H and O–H groups in total. The van der Waals surface area contributed by atoms with Crippen molar-refractivity contribution >= 4 is 11.5 Å². The third-order valence-electron chi connectivity index (χ3n) is 2.63. The Hall–Kier alpha value is -1.83. The number of hydrogen-bond acceptors (Lipinski definition) is 4. The van der Waals surface area contributed by atoms with Gasteiger partial charge in [-0.2, -0.15) is 22.8 Å². The van der Waals surface area contributed by atoms with Crippen molar-refractivity contribution in [2.24, 2.45) is 5.84 Å².